The van der Waals surface area contributed by atoms with E-state index in [1.165, 1.54) is 6.07 Å². The van der Waals surface area contributed by atoms with Crippen LogP contribution in [0.15, 0.2) is 52.3 Å². The molecule has 2 aromatic rings. The van der Waals surface area contributed by atoms with Gasteiger partial charge in [0.15, 0.2) is 0 Å². The summed E-state index contributed by atoms with van der Waals surface area (Å²) in [6, 6.07) is 8.86. The minimum atomic E-state index is -4.50. The van der Waals surface area contributed by atoms with E-state index in [9.17, 15) is 21.6 Å². The first-order chi connectivity index (χ1) is 12.8. The molecule has 2 aliphatic heterocycles. The van der Waals surface area contributed by atoms with Crippen molar-refractivity contribution in [2.75, 3.05) is 18.4 Å². The maximum absolute atomic E-state index is 12.9. The maximum Gasteiger partial charge on any atom is 0.416 e. The molecular formula is C19H19F3N2O2S. The van der Waals surface area contributed by atoms with E-state index in [0.29, 0.717) is 0 Å². The minimum Gasteiger partial charge on any atom is -0.381 e. The van der Waals surface area contributed by atoms with Crippen LogP contribution >= 0.6 is 0 Å². The molecule has 0 saturated carbocycles. The van der Waals surface area contributed by atoms with Crippen molar-refractivity contribution < 1.29 is 21.6 Å². The van der Waals surface area contributed by atoms with Crippen LogP contribution in [0.3, 0.4) is 0 Å². The minimum absolute atomic E-state index is 0.112. The van der Waals surface area contributed by atoms with Crippen molar-refractivity contribution in [3.8, 4) is 0 Å². The highest BCUT2D eigenvalue weighted by molar-refractivity contribution is 7.91. The molecule has 144 valence electrons. The number of benzene rings is 2. The number of alkyl halides is 3. The van der Waals surface area contributed by atoms with Gasteiger partial charge in [-0.2, -0.15) is 13.2 Å². The van der Waals surface area contributed by atoms with Crippen LogP contribution < -0.4 is 10.6 Å². The molecule has 1 saturated heterocycles. The van der Waals surface area contributed by atoms with E-state index < -0.39 is 21.6 Å². The highest BCUT2D eigenvalue weighted by Crippen LogP contribution is 2.41. The molecule has 0 bridgehead atoms. The lowest BCUT2D eigenvalue weighted by Crippen LogP contribution is -2.21. The summed E-state index contributed by atoms with van der Waals surface area (Å²) in [6.45, 7) is 1.79. The van der Waals surface area contributed by atoms with E-state index in [0.717, 1.165) is 61.4 Å². The number of anilines is 1. The average Bonchev–Trinajstić information content (AvgIpc) is 2.81. The Morgan fingerprint density at radius 1 is 0.926 bits per heavy atom. The molecule has 0 aromatic heterocycles. The molecule has 0 aliphatic carbocycles. The van der Waals surface area contributed by atoms with E-state index in [1.54, 1.807) is 12.1 Å². The van der Waals surface area contributed by atoms with E-state index in [1.807, 2.05) is 0 Å². The molecule has 2 heterocycles. The fraction of sp³-hybridized carbons (Fsp3) is 0.368. The van der Waals surface area contributed by atoms with Crippen LogP contribution in [0.5, 0.6) is 0 Å². The highest BCUT2D eigenvalue weighted by atomic mass is 32.2. The van der Waals surface area contributed by atoms with E-state index >= 15 is 0 Å². The Kier molecular flexibility index (Phi) is 4.43. The van der Waals surface area contributed by atoms with Gasteiger partial charge in [0.25, 0.3) is 0 Å². The lowest BCUT2D eigenvalue weighted by Gasteiger charge is -2.16. The summed E-state index contributed by atoms with van der Waals surface area (Å²) in [5.41, 5.74) is 1.04. The monoisotopic (exact) mass is 396 g/mol. The van der Waals surface area contributed by atoms with Gasteiger partial charge in [-0.25, -0.2) is 8.42 Å². The molecule has 0 unspecified atom stereocenters. The van der Waals surface area contributed by atoms with Gasteiger partial charge >= 0.3 is 6.18 Å². The Morgan fingerprint density at radius 3 is 2.30 bits per heavy atom. The van der Waals surface area contributed by atoms with Crippen molar-refractivity contribution in [1.29, 1.82) is 0 Å². The van der Waals surface area contributed by atoms with Crippen LogP contribution in [0.1, 0.15) is 29.9 Å². The van der Waals surface area contributed by atoms with E-state index in [4.69, 9.17) is 0 Å². The molecule has 4 rings (SSSR count). The van der Waals surface area contributed by atoms with Gasteiger partial charge < -0.3 is 10.6 Å². The van der Waals surface area contributed by atoms with E-state index in [2.05, 4.69) is 10.6 Å². The Balaban J connectivity index is 1.68. The molecule has 0 spiro atoms. The fourth-order valence-electron chi connectivity index (χ4n) is 3.89. The van der Waals surface area contributed by atoms with Gasteiger partial charge in [0.2, 0.25) is 9.84 Å². The number of hydrogen-bond donors (Lipinski definition) is 2. The predicted octanol–water partition coefficient (Wildman–Crippen LogP) is 3.80. The van der Waals surface area contributed by atoms with Crippen LogP contribution in [0.25, 0.3) is 0 Å². The Hall–Kier alpha value is -2.06. The second kappa shape index (κ2) is 6.53. The van der Waals surface area contributed by atoms with Gasteiger partial charge in [-0.15, -0.1) is 0 Å². The number of hydrogen-bond acceptors (Lipinski definition) is 4. The molecular weight excluding hydrogens is 377 g/mol. The standard InChI is InChI=1S/C19H19F3N2O2S/c20-19(21,22)12-1-3-13(4-2-12)27(25,26)14-5-6-17-16(11-14)15-7-9-23-10-8-18(15)24-17/h1-6,11,15,18,23-24H,7-10H2/t15-,18+/m0/s1. The summed E-state index contributed by atoms with van der Waals surface area (Å²) >= 11 is 0. The van der Waals surface area contributed by atoms with Gasteiger partial charge in [-0.1, -0.05) is 0 Å². The van der Waals surface area contributed by atoms with Crippen LogP contribution in [0, 0.1) is 0 Å². The zero-order valence-electron chi connectivity index (χ0n) is 14.4. The first-order valence-corrected chi connectivity index (χ1v) is 10.3. The Bertz CT molecular complexity index is 956. The molecule has 0 amide bonds. The normalized spacial score (nSPS) is 22.5. The molecule has 2 atom stereocenters. The molecule has 27 heavy (non-hydrogen) atoms. The number of sulfone groups is 1. The number of halogens is 3. The second-order valence-corrected chi connectivity index (χ2v) is 8.91. The molecule has 1 fully saturated rings. The summed E-state index contributed by atoms with van der Waals surface area (Å²) in [6.07, 6.45) is -2.63. The largest absolute Gasteiger partial charge is 0.416 e. The molecule has 8 heteroatoms. The molecule has 2 aliphatic rings. The summed E-state index contributed by atoms with van der Waals surface area (Å²) in [4.78, 5) is -0.0267. The van der Waals surface area contributed by atoms with Crippen LogP contribution in [0.4, 0.5) is 18.9 Å². The fourth-order valence-corrected chi connectivity index (χ4v) is 5.19. The summed E-state index contributed by atoms with van der Waals surface area (Å²) in [5, 5.41) is 6.80. The zero-order chi connectivity index (χ0) is 19.2. The third-order valence-electron chi connectivity index (χ3n) is 5.32. The third-order valence-corrected chi connectivity index (χ3v) is 7.08. The Labute approximate surface area is 155 Å². The Morgan fingerprint density at radius 2 is 1.59 bits per heavy atom. The molecule has 2 N–H and O–H groups in total. The van der Waals surface area contributed by atoms with Crippen molar-refractivity contribution in [1.82, 2.24) is 5.32 Å². The van der Waals surface area contributed by atoms with Gasteiger partial charge in [0.05, 0.1) is 15.4 Å². The smallest absolute Gasteiger partial charge is 0.381 e. The zero-order valence-corrected chi connectivity index (χ0v) is 15.2. The van der Waals surface area contributed by atoms with Gasteiger partial charge in [-0.05, 0) is 74.0 Å². The first kappa shape index (κ1) is 18.3. The average molecular weight is 396 g/mol. The van der Waals surface area contributed by atoms with Crippen LogP contribution in [-0.2, 0) is 16.0 Å². The first-order valence-electron chi connectivity index (χ1n) is 8.80. The van der Waals surface area contributed by atoms with Gasteiger partial charge in [0.1, 0.15) is 0 Å². The lowest BCUT2D eigenvalue weighted by molar-refractivity contribution is -0.137. The van der Waals surface area contributed by atoms with Crippen LogP contribution in [0.2, 0.25) is 0 Å². The number of fused-ring (bicyclic) bond motifs is 3. The van der Waals surface area contributed by atoms with Crippen molar-refractivity contribution >= 4 is 15.5 Å². The maximum atomic E-state index is 12.9. The summed E-state index contributed by atoms with van der Waals surface area (Å²) in [7, 11) is -3.88. The lowest BCUT2D eigenvalue weighted by atomic mass is 9.91. The van der Waals surface area contributed by atoms with Crippen molar-refractivity contribution in [2.45, 2.75) is 40.8 Å². The number of rotatable bonds is 2. The van der Waals surface area contributed by atoms with Gasteiger partial charge in [0, 0.05) is 17.6 Å². The second-order valence-electron chi connectivity index (χ2n) is 6.96. The van der Waals surface area contributed by atoms with E-state index in [-0.39, 0.29) is 21.8 Å². The predicted molar refractivity (Wildman–Crippen MR) is 95.6 cm³/mol. The molecule has 4 nitrogen and oxygen atoms in total. The quantitative estimate of drug-likeness (QED) is 0.811. The summed E-state index contributed by atoms with van der Waals surface area (Å²) < 4.78 is 64.0. The summed E-state index contributed by atoms with van der Waals surface area (Å²) in [5.74, 6) is 0.234. The molecule has 0 radical (unpaired) electrons. The SMILES string of the molecule is O=S(=O)(c1ccc(C(F)(F)F)cc1)c1ccc2c(c1)[C@@H]1CCNCC[C@H]1N2. The van der Waals surface area contributed by atoms with Crippen molar-refractivity contribution in [2.24, 2.45) is 0 Å². The van der Waals surface area contributed by atoms with Gasteiger partial charge in [-0.3, -0.25) is 0 Å². The third kappa shape index (κ3) is 3.32. The van der Waals surface area contributed by atoms with Crippen molar-refractivity contribution in [3.63, 3.8) is 0 Å². The number of nitrogens with one attached hydrogen (secondary N) is 2. The van der Waals surface area contributed by atoms with Crippen molar-refractivity contribution in [3.05, 3.63) is 53.6 Å². The molecule has 2 aromatic carbocycles. The topological polar surface area (TPSA) is 58.2 Å². The van der Waals surface area contributed by atoms with Crippen LogP contribution in [-0.4, -0.2) is 27.5 Å². The highest BCUT2D eigenvalue weighted by Gasteiger charge is 2.34.